The smallest absolute Gasteiger partial charge is 0.126 e. The standard InChI is InChI=1S/C17H22N2O/c1-12-5-6-16-15(8-12)13(2)9-17(19-16)18-10-14-4-3-7-20-11-14/h5-6,8-9,14H,3-4,7,10-11H2,1-2H3,(H,18,19)/t14-/m1/s1. The summed E-state index contributed by atoms with van der Waals surface area (Å²) in [5.74, 6) is 1.59. The lowest BCUT2D eigenvalue weighted by molar-refractivity contribution is 0.0595. The summed E-state index contributed by atoms with van der Waals surface area (Å²) in [6.07, 6.45) is 2.43. The number of hydrogen-bond acceptors (Lipinski definition) is 3. The third kappa shape index (κ3) is 2.93. The van der Waals surface area contributed by atoms with Crippen LogP contribution in [-0.4, -0.2) is 24.7 Å². The van der Waals surface area contributed by atoms with E-state index in [1.807, 2.05) is 0 Å². The highest BCUT2D eigenvalue weighted by Crippen LogP contribution is 2.22. The molecule has 1 aliphatic heterocycles. The van der Waals surface area contributed by atoms with Crippen molar-refractivity contribution >= 4 is 16.7 Å². The van der Waals surface area contributed by atoms with Gasteiger partial charge in [-0.2, -0.15) is 0 Å². The molecule has 3 heteroatoms. The Morgan fingerprint density at radius 1 is 1.30 bits per heavy atom. The molecule has 1 atom stereocenters. The van der Waals surface area contributed by atoms with Gasteiger partial charge in [-0.05, 0) is 56.4 Å². The Bertz CT molecular complexity index is 603. The zero-order valence-electron chi connectivity index (χ0n) is 12.3. The number of fused-ring (bicyclic) bond motifs is 1. The number of aryl methyl sites for hydroxylation is 2. The minimum Gasteiger partial charge on any atom is -0.381 e. The van der Waals surface area contributed by atoms with Crippen molar-refractivity contribution in [3.05, 3.63) is 35.4 Å². The van der Waals surface area contributed by atoms with Crippen molar-refractivity contribution in [2.45, 2.75) is 26.7 Å². The van der Waals surface area contributed by atoms with E-state index >= 15 is 0 Å². The second kappa shape index (κ2) is 5.80. The van der Waals surface area contributed by atoms with Gasteiger partial charge in [0.1, 0.15) is 5.82 Å². The molecule has 2 heterocycles. The van der Waals surface area contributed by atoms with Crippen LogP contribution in [0.2, 0.25) is 0 Å². The zero-order valence-corrected chi connectivity index (χ0v) is 12.3. The molecule has 0 bridgehead atoms. The molecule has 0 spiro atoms. The number of ether oxygens (including phenoxy) is 1. The Labute approximate surface area is 120 Å². The predicted molar refractivity (Wildman–Crippen MR) is 83.2 cm³/mol. The van der Waals surface area contributed by atoms with Gasteiger partial charge in [-0.25, -0.2) is 4.98 Å². The first kappa shape index (κ1) is 13.4. The average molecular weight is 270 g/mol. The second-order valence-corrected chi connectivity index (χ2v) is 5.81. The van der Waals surface area contributed by atoms with Gasteiger partial charge in [-0.3, -0.25) is 0 Å². The minimum absolute atomic E-state index is 0.611. The number of aromatic nitrogens is 1. The molecule has 2 aromatic rings. The van der Waals surface area contributed by atoms with Crippen LogP contribution in [0.25, 0.3) is 10.9 Å². The van der Waals surface area contributed by atoms with Crippen LogP contribution < -0.4 is 5.32 Å². The molecule has 3 nitrogen and oxygen atoms in total. The molecule has 0 aliphatic carbocycles. The number of pyridine rings is 1. The van der Waals surface area contributed by atoms with Crippen molar-refractivity contribution < 1.29 is 4.74 Å². The minimum atomic E-state index is 0.611. The Morgan fingerprint density at radius 3 is 3.00 bits per heavy atom. The number of rotatable bonds is 3. The van der Waals surface area contributed by atoms with E-state index < -0.39 is 0 Å². The summed E-state index contributed by atoms with van der Waals surface area (Å²) >= 11 is 0. The summed E-state index contributed by atoms with van der Waals surface area (Å²) in [6.45, 7) is 7.01. The van der Waals surface area contributed by atoms with Crippen LogP contribution in [-0.2, 0) is 4.74 Å². The van der Waals surface area contributed by atoms with Crippen LogP contribution in [0.3, 0.4) is 0 Å². The lowest BCUT2D eigenvalue weighted by Crippen LogP contribution is -2.24. The van der Waals surface area contributed by atoms with E-state index in [1.165, 1.54) is 29.4 Å². The van der Waals surface area contributed by atoms with Crippen molar-refractivity contribution in [3.8, 4) is 0 Å². The molecule has 1 fully saturated rings. The molecule has 0 amide bonds. The summed E-state index contributed by atoms with van der Waals surface area (Å²) in [5, 5.41) is 4.72. The van der Waals surface area contributed by atoms with E-state index in [0.717, 1.165) is 31.1 Å². The van der Waals surface area contributed by atoms with Crippen molar-refractivity contribution in [1.29, 1.82) is 0 Å². The zero-order chi connectivity index (χ0) is 13.9. The molecule has 1 N–H and O–H groups in total. The summed E-state index contributed by atoms with van der Waals surface area (Å²) in [4.78, 5) is 4.71. The molecule has 0 radical (unpaired) electrons. The van der Waals surface area contributed by atoms with Gasteiger partial charge in [0, 0.05) is 18.5 Å². The maximum Gasteiger partial charge on any atom is 0.126 e. The number of nitrogens with zero attached hydrogens (tertiary/aromatic N) is 1. The second-order valence-electron chi connectivity index (χ2n) is 5.81. The average Bonchev–Trinajstić information content (AvgIpc) is 2.47. The first-order valence-corrected chi connectivity index (χ1v) is 7.42. The maximum atomic E-state index is 5.52. The van der Waals surface area contributed by atoms with Crippen LogP contribution in [0.5, 0.6) is 0 Å². The van der Waals surface area contributed by atoms with E-state index in [-0.39, 0.29) is 0 Å². The van der Waals surface area contributed by atoms with Gasteiger partial charge in [0.05, 0.1) is 12.1 Å². The molecular formula is C17H22N2O. The van der Waals surface area contributed by atoms with Gasteiger partial charge < -0.3 is 10.1 Å². The van der Waals surface area contributed by atoms with E-state index in [9.17, 15) is 0 Å². The fraction of sp³-hybridized carbons (Fsp3) is 0.471. The first-order chi connectivity index (χ1) is 9.72. The molecule has 106 valence electrons. The summed E-state index contributed by atoms with van der Waals surface area (Å²) in [6, 6.07) is 8.57. The molecule has 1 aliphatic rings. The quantitative estimate of drug-likeness (QED) is 0.923. The van der Waals surface area contributed by atoms with Gasteiger partial charge in [-0.1, -0.05) is 11.6 Å². The van der Waals surface area contributed by atoms with Crippen LogP contribution in [0.4, 0.5) is 5.82 Å². The van der Waals surface area contributed by atoms with Crippen LogP contribution in [0, 0.1) is 19.8 Å². The third-order valence-corrected chi connectivity index (χ3v) is 4.00. The summed E-state index contributed by atoms with van der Waals surface area (Å²) in [5.41, 5.74) is 3.63. The van der Waals surface area contributed by atoms with Crippen LogP contribution >= 0.6 is 0 Å². The Balaban J connectivity index is 1.76. The van der Waals surface area contributed by atoms with Gasteiger partial charge in [0.2, 0.25) is 0 Å². The van der Waals surface area contributed by atoms with Crippen LogP contribution in [0.15, 0.2) is 24.3 Å². The highest BCUT2D eigenvalue weighted by atomic mass is 16.5. The Kier molecular flexibility index (Phi) is 3.88. The molecule has 1 aromatic heterocycles. The molecule has 0 saturated carbocycles. The molecule has 0 unspecified atom stereocenters. The SMILES string of the molecule is Cc1ccc2nc(NC[C@H]3CCCOC3)cc(C)c2c1. The van der Waals surface area contributed by atoms with E-state index in [4.69, 9.17) is 9.72 Å². The molecule has 1 aromatic carbocycles. The number of hydrogen-bond donors (Lipinski definition) is 1. The topological polar surface area (TPSA) is 34.2 Å². The third-order valence-electron chi connectivity index (χ3n) is 4.00. The normalized spacial score (nSPS) is 19.2. The van der Waals surface area contributed by atoms with E-state index in [2.05, 4.69) is 43.4 Å². The molecular weight excluding hydrogens is 248 g/mol. The van der Waals surface area contributed by atoms with E-state index in [1.54, 1.807) is 0 Å². The first-order valence-electron chi connectivity index (χ1n) is 7.42. The van der Waals surface area contributed by atoms with Gasteiger partial charge in [0.25, 0.3) is 0 Å². The van der Waals surface area contributed by atoms with Gasteiger partial charge in [-0.15, -0.1) is 0 Å². The van der Waals surface area contributed by atoms with Crippen LogP contribution in [0.1, 0.15) is 24.0 Å². The van der Waals surface area contributed by atoms with Gasteiger partial charge >= 0.3 is 0 Å². The number of benzene rings is 1. The van der Waals surface area contributed by atoms with Crippen molar-refractivity contribution in [2.75, 3.05) is 25.1 Å². The van der Waals surface area contributed by atoms with Gasteiger partial charge in [0.15, 0.2) is 0 Å². The lowest BCUT2D eigenvalue weighted by atomic mass is 10.0. The predicted octanol–water partition coefficient (Wildman–Crippen LogP) is 3.69. The Hall–Kier alpha value is -1.61. The highest BCUT2D eigenvalue weighted by Gasteiger charge is 2.13. The van der Waals surface area contributed by atoms with Crippen molar-refractivity contribution in [2.24, 2.45) is 5.92 Å². The fourth-order valence-corrected chi connectivity index (χ4v) is 2.82. The highest BCUT2D eigenvalue weighted by molar-refractivity contribution is 5.84. The van der Waals surface area contributed by atoms with E-state index in [0.29, 0.717) is 5.92 Å². The molecule has 20 heavy (non-hydrogen) atoms. The largest absolute Gasteiger partial charge is 0.381 e. The van der Waals surface area contributed by atoms with Crippen molar-refractivity contribution in [1.82, 2.24) is 4.98 Å². The molecule has 3 rings (SSSR count). The Morgan fingerprint density at radius 2 is 2.20 bits per heavy atom. The lowest BCUT2D eigenvalue weighted by Gasteiger charge is -2.22. The fourth-order valence-electron chi connectivity index (χ4n) is 2.82. The number of nitrogens with one attached hydrogen (secondary N) is 1. The number of anilines is 1. The maximum absolute atomic E-state index is 5.52. The summed E-state index contributed by atoms with van der Waals surface area (Å²) < 4.78 is 5.52. The van der Waals surface area contributed by atoms with Crippen molar-refractivity contribution in [3.63, 3.8) is 0 Å². The molecule has 1 saturated heterocycles. The summed E-state index contributed by atoms with van der Waals surface area (Å²) in [7, 11) is 0. The monoisotopic (exact) mass is 270 g/mol.